The van der Waals surface area contributed by atoms with Gasteiger partial charge in [-0.25, -0.2) is 0 Å². The van der Waals surface area contributed by atoms with Gasteiger partial charge in [-0.05, 0) is 12.1 Å². The average Bonchev–Trinajstić information content (AvgIpc) is 2.67. The van der Waals surface area contributed by atoms with Crippen LogP contribution in [0.3, 0.4) is 0 Å². The second-order valence-electron chi connectivity index (χ2n) is 6.15. The first-order valence-corrected chi connectivity index (χ1v) is 8.87. The van der Waals surface area contributed by atoms with E-state index in [0.717, 1.165) is 25.2 Å². The van der Waals surface area contributed by atoms with E-state index >= 15 is 0 Å². The zero-order valence-electron chi connectivity index (χ0n) is 14.0. The fourth-order valence-electron chi connectivity index (χ4n) is 3.01. The van der Waals surface area contributed by atoms with Gasteiger partial charge in [-0.1, -0.05) is 54.1 Å². The molecule has 1 heterocycles. The van der Waals surface area contributed by atoms with Gasteiger partial charge in [0.05, 0.1) is 10.6 Å². The van der Waals surface area contributed by atoms with E-state index in [1.165, 1.54) is 0 Å². The molecular weight excluding hydrogens is 336 g/mol. The monoisotopic (exact) mass is 356 g/mol. The molecule has 1 saturated heterocycles. The fraction of sp³-hybridized carbons (Fsp3) is 0.300. The Hall–Kier alpha value is -2.17. The number of Topliss-reactive ketones (excluding diaryl/α,β-unsaturated/α-hetero) is 1. The Labute approximate surface area is 153 Å². The van der Waals surface area contributed by atoms with Gasteiger partial charge in [0.1, 0.15) is 0 Å². The lowest BCUT2D eigenvalue weighted by molar-refractivity contribution is 0.0628. The lowest BCUT2D eigenvalue weighted by Crippen LogP contribution is -2.49. The highest BCUT2D eigenvalue weighted by Crippen LogP contribution is 2.18. The summed E-state index contributed by atoms with van der Waals surface area (Å²) < 4.78 is 0. The van der Waals surface area contributed by atoms with Crippen molar-refractivity contribution in [3.63, 3.8) is 0 Å². The molecule has 1 aliphatic rings. The van der Waals surface area contributed by atoms with Crippen molar-refractivity contribution in [1.82, 2.24) is 9.80 Å². The Morgan fingerprint density at radius 2 is 1.52 bits per heavy atom. The summed E-state index contributed by atoms with van der Waals surface area (Å²) in [5.41, 5.74) is 1.31. The maximum atomic E-state index is 12.5. The minimum atomic E-state index is -0.0226. The quantitative estimate of drug-likeness (QED) is 0.771. The molecule has 0 atom stereocenters. The third kappa shape index (κ3) is 4.47. The van der Waals surface area contributed by atoms with Crippen molar-refractivity contribution < 1.29 is 9.59 Å². The molecule has 4 nitrogen and oxygen atoms in total. The van der Waals surface area contributed by atoms with Crippen LogP contribution in [0.2, 0.25) is 5.02 Å². The van der Waals surface area contributed by atoms with E-state index in [4.69, 9.17) is 11.6 Å². The van der Waals surface area contributed by atoms with Gasteiger partial charge in [-0.2, -0.15) is 0 Å². The van der Waals surface area contributed by atoms with Crippen molar-refractivity contribution >= 4 is 23.3 Å². The second kappa shape index (κ2) is 8.28. The van der Waals surface area contributed by atoms with E-state index in [1.807, 2.05) is 47.4 Å². The smallest absolute Gasteiger partial charge is 0.255 e. The summed E-state index contributed by atoms with van der Waals surface area (Å²) >= 11 is 6.11. The maximum absolute atomic E-state index is 12.5. The molecule has 0 unspecified atom stereocenters. The van der Waals surface area contributed by atoms with E-state index < -0.39 is 0 Å². The van der Waals surface area contributed by atoms with Gasteiger partial charge in [-0.3, -0.25) is 14.5 Å². The van der Waals surface area contributed by atoms with Crippen LogP contribution < -0.4 is 0 Å². The average molecular weight is 357 g/mol. The van der Waals surface area contributed by atoms with Gasteiger partial charge >= 0.3 is 0 Å². The minimum absolute atomic E-state index is 0.0226. The number of carbonyl (C=O) groups is 2. The number of ketones is 1. The molecule has 3 rings (SSSR count). The largest absolute Gasteiger partial charge is 0.336 e. The van der Waals surface area contributed by atoms with E-state index in [9.17, 15) is 9.59 Å². The molecule has 0 spiro atoms. The summed E-state index contributed by atoms with van der Waals surface area (Å²) in [4.78, 5) is 28.8. The zero-order valence-corrected chi connectivity index (χ0v) is 14.8. The van der Waals surface area contributed by atoms with Crippen LogP contribution in [-0.2, 0) is 0 Å². The van der Waals surface area contributed by atoms with Crippen molar-refractivity contribution in [3.8, 4) is 0 Å². The van der Waals surface area contributed by atoms with Crippen LogP contribution in [-0.4, -0.2) is 54.2 Å². The molecule has 25 heavy (non-hydrogen) atoms. The zero-order chi connectivity index (χ0) is 17.6. The number of amides is 1. The molecule has 0 radical (unpaired) electrons. The number of carbonyl (C=O) groups excluding carboxylic acids is 2. The molecular formula is C20H21ClN2O2. The summed E-state index contributed by atoms with van der Waals surface area (Å²) in [7, 11) is 0. The Morgan fingerprint density at radius 1 is 0.880 bits per heavy atom. The number of hydrogen-bond acceptors (Lipinski definition) is 3. The molecule has 1 fully saturated rings. The Bertz CT molecular complexity index is 740. The molecule has 2 aromatic rings. The summed E-state index contributed by atoms with van der Waals surface area (Å²) in [5, 5.41) is 0.489. The molecule has 1 aliphatic heterocycles. The van der Waals surface area contributed by atoms with Crippen LogP contribution in [0.4, 0.5) is 0 Å². The lowest BCUT2D eigenvalue weighted by atomic mass is 10.1. The van der Waals surface area contributed by atoms with Gasteiger partial charge in [0.2, 0.25) is 0 Å². The predicted octanol–water partition coefficient (Wildman–Crippen LogP) is 3.37. The first-order chi connectivity index (χ1) is 12.1. The molecule has 0 bridgehead atoms. The van der Waals surface area contributed by atoms with Crippen LogP contribution in [0, 0.1) is 0 Å². The second-order valence-corrected chi connectivity index (χ2v) is 6.56. The van der Waals surface area contributed by atoms with Gasteiger partial charge in [0.25, 0.3) is 5.91 Å². The summed E-state index contributed by atoms with van der Waals surface area (Å²) in [5.74, 6) is 0.140. The summed E-state index contributed by atoms with van der Waals surface area (Å²) in [6, 6.07) is 16.5. The number of halogens is 1. The highest BCUT2D eigenvalue weighted by molar-refractivity contribution is 6.33. The Balaban J connectivity index is 1.48. The van der Waals surface area contributed by atoms with Crippen molar-refractivity contribution in [2.24, 2.45) is 0 Å². The SMILES string of the molecule is O=C(CCN1CCN(C(=O)c2ccccc2Cl)CC1)c1ccccc1. The Morgan fingerprint density at radius 3 is 2.20 bits per heavy atom. The molecule has 2 aromatic carbocycles. The van der Waals surface area contributed by atoms with Crippen LogP contribution in [0.1, 0.15) is 27.1 Å². The number of rotatable bonds is 5. The number of hydrogen-bond donors (Lipinski definition) is 0. The topological polar surface area (TPSA) is 40.6 Å². The van der Waals surface area contributed by atoms with E-state index in [1.54, 1.807) is 12.1 Å². The number of benzene rings is 2. The molecule has 1 amide bonds. The number of nitrogens with zero attached hydrogens (tertiary/aromatic N) is 2. The molecule has 0 aromatic heterocycles. The molecule has 0 saturated carbocycles. The molecule has 5 heteroatoms. The van der Waals surface area contributed by atoms with Crippen molar-refractivity contribution in [2.75, 3.05) is 32.7 Å². The lowest BCUT2D eigenvalue weighted by Gasteiger charge is -2.34. The predicted molar refractivity (Wildman–Crippen MR) is 99.2 cm³/mol. The Kier molecular flexibility index (Phi) is 5.84. The van der Waals surface area contributed by atoms with E-state index in [0.29, 0.717) is 30.1 Å². The molecule has 130 valence electrons. The van der Waals surface area contributed by atoms with Gasteiger partial charge < -0.3 is 4.90 Å². The van der Waals surface area contributed by atoms with E-state index in [2.05, 4.69) is 4.90 Å². The van der Waals surface area contributed by atoms with E-state index in [-0.39, 0.29) is 11.7 Å². The third-order valence-electron chi connectivity index (χ3n) is 4.51. The third-order valence-corrected chi connectivity index (χ3v) is 4.84. The normalized spacial score (nSPS) is 15.2. The molecule has 0 aliphatic carbocycles. The van der Waals surface area contributed by atoms with Gasteiger partial charge in [0.15, 0.2) is 5.78 Å². The number of piperazine rings is 1. The first-order valence-electron chi connectivity index (χ1n) is 8.49. The van der Waals surface area contributed by atoms with Crippen LogP contribution in [0.25, 0.3) is 0 Å². The minimum Gasteiger partial charge on any atom is -0.336 e. The van der Waals surface area contributed by atoms with Crippen LogP contribution in [0.15, 0.2) is 54.6 Å². The van der Waals surface area contributed by atoms with Gasteiger partial charge in [-0.15, -0.1) is 0 Å². The van der Waals surface area contributed by atoms with Crippen molar-refractivity contribution in [1.29, 1.82) is 0 Å². The highest BCUT2D eigenvalue weighted by Gasteiger charge is 2.23. The maximum Gasteiger partial charge on any atom is 0.255 e. The highest BCUT2D eigenvalue weighted by atomic mass is 35.5. The standard InChI is InChI=1S/C20H21ClN2O2/c21-18-9-5-4-8-17(18)20(25)23-14-12-22(13-15-23)11-10-19(24)16-6-2-1-3-7-16/h1-9H,10-15H2. The summed E-state index contributed by atoms with van der Waals surface area (Å²) in [6.45, 7) is 3.59. The van der Waals surface area contributed by atoms with Crippen LogP contribution in [0.5, 0.6) is 0 Å². The first kappa shape index (κ1) is 17.6. The molecule has 0 N–H and O–H groups in total. The summed E-state index contributed by atoms with van der Waals surface area (Å²) in [6.07, 6.45) is 0.502. The van der Waals surface area contributed by atoms with Gasteiger partial charge in [0, 0.05) is 44.7 Å². The van der Waals surface area contributed by atoms with Crippen molar-refractivity contribution in [3.05, 3.63) is 70.7 Å². The van der Waals surface area contributed by atoms with Crippen molar-refractivity contribution in [2.45, 2.75) is 6.42 Å². The fourth-order valence-corrected chi connectivity index (χ4v) is 3.22. The van der Waals surface area contributed by atoms with Crippen LogP contribution >= 0.6 is 11.6 Å².